The van der Waals surface area contributed by atoms with Gasteiger partial charge in [0.1, 0.15) is 0 Å². The van der Waals surface area contributed by atoms with Crippen molar-refractivity contribution in [3.8, 4) is 0 Å². The molecule has 0 aliphatic heterocycles. The van der Waals surface area contributed by atoms with Gasteiger partial charge in [0.15, 0.2) is 0 Å². The number of carbonyl (C=O) groups is 1. The number of benzene rings is 2. The highest BCUT2D eigenvalue weighted by Gasteiger charge is 2.08. The van der Waals surface area contributed by atoms with Gasteiger partial charge in [0, 0.05) is 11.1 Å². The van der Waals surface area contributed by atoms with E-state index in [9.17, 15) is 4.79 Å². The molecule has 0 unspecified atom stereocenters. The zero-order valence-corrected chi connectivity index (χ0v) is 14.9. The second-order valence-corrected chi connectivity index (χ2v) is 6.00. The summed E-state index contributed by atoms with van der Waals surface area (Å²) in [7, 11) is 0. The van der Waals surface area contributed by atoms with Crippen molar-refractivity contribution in [1.29, 1.82) is 0 Å². The Kier molecular flexibility index (Phi) is 4.79. The number of para-hydroxylation sites is 1. The van der Waals surface area contributed by atoms with Gasteiger partial charge >= 0.3 is 6.03 Å². The molecule has 0 atom stereocenters. The number of nitrogens with zero attached hydrogens (tertiary/aromatic N) is 3. The van der Waals surface area contributed by atoms with E-state index in [1.807, 2.05) is 45.0 Å². The molecular weight excluding hydrogens is 328 g/mol. The number of fused-ring (bicyclic) bond motifs is 1. The maximum atomic E-state index is 12.0. The number of hydrogen-bond acceptors (Lipinski definition) is 4. The van der Waals surface area contributed by atoms with Crippen LogP contribution in [0.25, 0.3) is 10.9 Å². The Labute approximate surface area is 151 Å². The van der Waals surface area contributed by atoms with Crippen LogP contribution in [0, 0.1) is 20.8 Å². The van der Waals surface area contributed by atoms with E-state index in [4.69, 9.17) is 5.73 Å². The minimum absolute atomic E-state index is 0.0824. The molecule has 2 aromatic carbocycles. The van der Waals surface area contributed by atoms with Gasteiger partial charge in [-0.05, 0) is 56.2 Å². The Bertz CT molecular complexity index is 998. The van der Waals surface area contributed by atoms with E-state index in [-0.39, 0.29) is 11.9 Å². The number of nitrogens with one attached hydrogen (secondary N) is 2. The number of amides is 2. The van der Waals surface area contributed by atoms with Crippen LogP contribution in [-0.4, -0.2) is 22.0 Å². The normalized spacial score (nSPS) is 11.4. The Morgan fingerprint density at radius 2 is 1.73 bits per heavy atom. The van der Waals surface area contributed by atoms with E-state index in [2.05, 4.69) is 31.7 Å². The van der Waals surface area contributed by atoms with Crippen LogP contribution in [-0.2, 0) is 0 Å². The number of rotatable bonds is 2. The molecule has 132 valence electrons. The van der Waals surface area contributed by atoms with Gasteiger partial charge in [0.05, 0.1) is 11.2 Å². The highest BCUT2D eigenvalue weighted by Crippen LogP contribution is 2.22. The first-order chi connectivity index (χ1) is 12.4. The van der Waals surface area contributed by atoms with Crippen molar-refractivity contribution in [1.82, 2.24) is 15.3 Å². The van der Waals surface area contributed by atoms with Gasteiger partial charge in [-0.1, -0.05) is 18.2 Å². The van der Waals surface area contributed by atoms with E-state index in [0.29, 0.717) is 5.69 Å². The highest BCUT2D eigenvalue weighted by atomic mass is 16.2. The number of aryl methyl sites for hydroxylation is 3. The van der Waals surface area contributed by atoms with Gasteiger partial charge in [-0.2, -0.15) is 4.99 Å². The second kappa shape index (κ2) is 7.18. The summed E-state index contributed by atoms with van der Waals surface area (Å²) < 4.78 is 0. The van der Waals surface area contributed by atoms with Crippen LogP contribution in [0.4, 0.5) is 16.4 Å². The number of guanidine groups is 1. The molecule has 7 heteroatoms. The zero-order valence-electron chi connectivity index (χ0n) is 14.9. The number of anilines is 1. The van der Waals surface area contributed by atoms with Crippen LogP contribution in [0.3, 0.4) is 0 Å². The van der Waals surface area contributed by atoms with Crippen molar-refractivity contribution in [2.24, 2.45) is 10.7 Å². The number of carbonyl (C=O) groups excluding carboxylic acids is 1. The molecule has 1 heterocycles. The summed E-state index contributed by atoms with van der Waals surface area (Å²) >= 11 is 0. The molecule has 0 aliphatic rings. The molecule has 0 bridgehead atoms. The van der Waals surface area contributed by atoms with Gasteiger partial charge in [-0.15, -0.1) is 0 Å². The van der Waals surface area contributed by atoms with Crippen LogP contribution >= 0.6 is 0 Å². The number of aliphatic imine (C=N–C) groups is 1. The number of nitrogens with two attached hydrogens (primary N) is 1. The van der Waals surface area contributed by atoms with Crippen molar-refractivity contribution in [2.45, 2.75) is 20.8 Å². The van der Waals surface area contributed by atoms with E-state index in [0.717, 1.165) is 22.2 Å². The van der Waals surface area contributed by atoms with E-state index in [1.165, 1.54) is 5.56 Å². The minimum Gasteiger partial charge on any atom is -0.369 e. The van der Waals surface area contributed by atoms with Crippen molar-refractivity contribution < 1.29 is 4.79 Å². The van der Waals surface area contributed by atoms with Gasteiger partial charge in [-0.3, -0.25) is 5.32 Å². The van der Waals surface area contributed by atoms with E-state index in [1.54, 1.807) is 12.1 Å². The van der Waals surface area contributed by atoms with Crippen LogP contribution < -0.4 is 16.4 Å². The average Bonchev–Trinajstić information content (AvgIpc) is 2.57. The third-order valence-electron chi connectivity index (χ3n) is 3.98. The van der Waals surface area contributed by atoms with Gasteiger partial charge < -0.3 is 11.1 Å². The third-order valence-corrected chi connectivity index (χ3v) is 3.98. The molecule has 0 aliphatic carbocycles. The van der Waals surface area contributed by atoms with Gasteiger partial charge in [0.25, 0.3) is 5.95 Å². The molecule has 7 nitrogen and oxygen atoms in total. The quantitative estimate of drug-likeness (QED) is 0.488. The predicted octanol–water partition coefficient (Wildman–Crippen LogP) is 3.32. The Morgan fingerprint density at radius 1 is 1.04 bits per heavy atom. The summed E-state index contributed by atoms with van der Waals surface area (Å²) in [5.41, 5.74) is 10.4. The Balaban J connectivity index is 1.80. The largest absolute Gasteiger partial charge is 0.369 e. The molecule has 3 aromatic rings. The Morgan fingerprint density at radius 3 is 2.46 bits per heavy atom. The molecule has 3 rings (SSSR count). The molecule has 2 amide bonds. The molecule has 0 saturated heterocycles. The summed E-state index contributed by atoms with van der Waals surface area (Å²) in [6.07, 6.45) is 0. The van der Waals surface area contributed by atoms with Gasteiger partial charge in [0.2, 0.25) is 5.96 Å². The lowest BCUT2D eigenvalue weighted by Crippen LogP contribution is -2.39. The highest BCUT2D eigenvalue weighted by molar-refractivity contribution is 6.02. The van der Waals surface area contributed by atoms with Crippen LogP contribution in [0.1, 0.15) is 16.8 Å². The topological polar surface area (TPSA) is 105 Å². The fraction of sp³-hybridized carbons (Fsp3) is 0.158. The monoisotopic (exact) mass is 348 g/mol. The average molecular weight is 348 g/mol. The molecule has 4 N–H and O–H groups in total. The van der Waals surface area contributed by atoms with E-state index < -0.39 is 6.03 Å². The van der Waals surface area contributed by atoms with Gasteiger partial charge in [-0.25, -0.2) is 14.8 Å². The first-order valence-corrected chi connectivity index (χ1v) is 8.15. The second-order valence-electron chi connectivity index (χ2n) is 6.00. The lowest BCUT2D eigenvalue weighted by atomic mass is 10.1. The minimum atomic E-state index is -0.485. The summed E-state index contributed by atoms with van der Waals surface area (Å²) in [5.74, 6) is 0.122. The lowest BCUT2D eigenvalue weighted by molar-refractivity contribution is 0.256. The fourth-order valence-electron chi connectivity index (χ4n) is 2.51. The molecular formula is C19H20N6O. The molecule has 0 fully saturated rings. The predicted molar refractivity (Wildman–Crippen MR) is 104 cm³/mol. The summed E-state index contributed by atoms with van der Waals surface area (Å²) in [6.45, 7) is 5.97. The van der Waals surface area contributed by atoms with Crippen LogP contribution in [0.5, 0.6) is 0 Å². The van der Waals surface area contributed by atoms with E-state index >= 15 is 0 Å². The van der Waals surface area contributed by atoms with Crippen LogP contribution in [0.15, 0.2) is 47.5 Å². The first-order valence-electron chi connectivity index (χ1n) is 8.15. The molecule has 0 radical (unpaired) electrons. The smallest absolute Gasteiger partial charge is 0.325 e. The number of urea groups is 1. The molecule has 0 spiro atoms. The maximum absolute atomic E-state index is 12.0. The zero-order chi connectivity index (χ0) is 18.7. The SMILES string of the molecule is Cc1cc2nc(/N=C(\N)NC(=O)Nc3ccccc3)nc(C)c2cc1C. The number of aromatic nitrogens is 2. The molecule has 26 heavy (non-hydrogen) atoms. The third kappa shape index (κ3) is 3.94. The summed E-state index contributed by atoms with van der Waals surface area (Å²) in [5, 5.41) is 6.10. The van der Waals surface area contributed by atoms with Crippen molar-refractivity contribution >= 4 is 34.5 Å². The van der Waals surface area contributed by atoms with Crippen molar-refractivity contribution in [2.75, 3.05) is 5.32 Å². The van der Waals surface area contributed by atoms with Crippen LogP contribution in [0.2, 0.25) is 0 Å². The summed E-state index contributed by atoms with van der Waals surface area (Å²) in [4.78, 5) is 24.8. The lowest BCUT2D eigenvalue weighted by Gasteiger charge is -2.08. The first kappa shape index (κ1) is 17.3. The maximum Gasteiger partial charge on any atom is 0.325 e. The molecule has 0 saturated carbocycles. The molecule has 1 aromatic heterocycles. The van der Waals surface area contributed by atoms with Crippen molar-refractivity contribution in [3.63, 3.8) is 0 Å². The standard InChI is InChI=1S/C19H20N6O/c1-11-9-15-13(3)21-18(23-16(15)10-12(11)2)24-17(20)25-19(26)22-14-7-5-4-6-8-14/h4-10H,1-3H3,(H4,20,21,22,23,24,25,26). The number of hydrogen-bond donors (Lipinski definition) is 3. The van der Waals surface area contributed by atoms with Crippen molar-refractivity contribution in [3.05, 3.63) is 59.3 Å². The summed E-state index contributed by atoms with van der Waals surface area (Å²) in [6, 6.07) is 12.6. The Hall–Kier alpha value is -3.48. The fourth-order valence-corrected chi connectivity index (χ4v) is 2.51.